The lowest BCUT2D eigenvalue weighted by molar-refractivity contribution is -0.136. The van der Waals surface area contributed by atoms with Crippen molar-refractivity contribution in [3.05, 3.63) is 81.7 Å². The number of hydrazone groups is 1. The molecule has 0 aliphatic heterocycles. The van der Waals surface area contributed by atoms with Gasteiger partial charge in [0.1, 0.15) is 17.3 Å². The van der Waals surface area contributed by atoms with Gasteiger partial charge in [-0.2, -0.15) is 5.10 Å². The summed E-state index contributed by atoms with van der Waals surface area (Å²) in [5.41, 5.74) is 3.12. The molecule has 0 saturated carbocycles. The third kappa shape index (κ3) is 6.83. The number of carbonyl (C=O) groups excluding carboxylic acids is 3. The number of methoxy groups -OCH3 is 1. The molecule has 3 aromatic rings. The molecule has 3 amide bonds. The number of hydrogen-bond donors (Lipinski definition) is 3. The van der Waals surface area contributed by atoms with Crippen molar-refractivity contribution in [2.24, 2.45) is 5.10 Å². The van der Waals surface area contributed by atoms with E-state index in [4.69, 9.17) is 32.4 Å². The monoisotopic (exact) mass is 488 g/mol. The highest BCUT2D eigenvalue weighted by Gasteiger charge is 2.15. The van der Waals surface area contributed by atoms with E-state index in [-0.39, 0.29) is 11.6 Å². The van der Waals surface area contributed by atoms with Crippen molar-refractivity contribution in [3.8, 4) is 5.75 Å². The summed E-state index contributed by atoms with van der Waals surface area (Å²) in [5, 5.41) is 9.27. The van der Waals surface area contributed by atoms with Gasteiger partial charge in [0.2, 0.25) is 0 Å². The summed E-state index contributed by atoms with van der Waals surface area (Å²) >= 11 is 11.7. The molecule has 33 heavy (non-hydrogen) atoms. The maximum absolute atomic E-state index is 12.1. The van der Waals surface area contributed by atoms with Crippen LogP contribution in [-0.4, -0.2) is 31.0 Å². The second-order valence-electron chi connectivity index (χ2n) is 6.50. The molecule has 0 saturated heterocycles. The van der Waals surface area contributed by atoms with Crippen molar-refractivity contribution < 1.29 is 23.5 Å². The minimum Gasteiger partial charge on any atom is -0.497 e. The molecule has 3 rings (SSSR count). The van der Waals surface area contributed by atoms with Crippen LogP contribution in [-0.2, 0) is 16.1 Å². The van der Waals surface area contributed by atoms with Crippen LogP contribution < -0.4 is 20.8 Å². The number of halogens is 2. The minimum atomic E-state index is -0.872. The number of rotatable bonds is 7. The van der Waals surface area contributed by atoms with Crippen molar-refractivity contribution in [1.82, 2.24) is 10.7 Å². The van der Waals surface area contributed by atoms with Crippen LogP contribution in [0.2, 0.25) is 10.0 Å². The lowest BCUT2D eigenvalue weighted by atomic mass is 10.2. The fraction of sp³-hybridized carbons (Fsp3) is 0.0909. The van der Waals surface area contributed by atoms with Gasteiger partial charge in [0.25, 0.3) is 5.91 Å². The summed E-state index contributed by atoms with van der Waals surface area (Å²) in [4.78, 5) is 36.0. The predicted octanol–water partition coefficient (Wildman–Crippen LogP) is 3.61. The molecule has 0 aliphatic carbocycles. The molecule has 0 unspecified atom stereocenters. The fourth-order valence-corrected chi connectivity index (χ4v) is 2.83. The first-order valence-electron chi connectivity index (χ1n) is 9.46. The van der Waals surface area contributed by atoms with Gasteiger partial charge in [-0.1, -0.05) is 23.2 Å². The lowest BCUT2D eigenvalue weighted by Gasteiger charge is -2.06. The van der Waals surface area contributed by atoms with Gasteiger partial charge in [-0.05, 0) is 54.6 Å². The van der Waals surface area contributed by atoms with E-state index in [1.165, 1.54) is 31.5 Å². The van der Waals surface area contributed by atoms with Gasteiger partial charge >= 0.3 is 11.8 Å². The van der Waals surface area contributed by atoms with Crippen molar-refractivity contribution in [3.63, 3.8) is 0 Å². The third-order valence-corrected chi connectivity index (χ3v) is 4.94. The quantitative estimate of drug-likeness (QED) is 0.266. The van der Waals surface area contributed by atoms with E-state index in [9.17, 15) is 14.4 Å². The predicted molar refractivity (Wildman–Crippen MR) is 124 cm³/mol. The van der Waals surface area contributed by atoms with E-state index in [0.29, 0.717) is 33.5 Å². The summed E-state index contributed by atoms with van der Waals surface area (Å²) < 4.78 is 10.5. The van der Waals surface area contributed by atoms with Crippen LogP contribution in [0.25, 0.3) is 0 Å². The van der Waals surface area contributed by atoms with Gasteiger partial charge in [-0.3, -0.25) is 14.4 Å². The van der Waals surface area contributed by atoms with Crippen LogP contribution in [0.5, 0.6) is 5.75 Å². The Kier molecular flexibility index (Phi) is 8.06. The smallest absolute Gasteiger partial charge is 0.313 e. The Morgan fingerprint density at radius 2 is 1.76 bits per heavy atom. The molecule has 1 aromatic heterocycles. The zero-order valence-electron chi connectivity index (χ0n) is 17.2. The molecule has 1 heterocycles. The SMILES string of the molecule is COc1ccc(C(=O)N/N=C\c2ccc(CNC(=O)C(=O)Nc3ccc(Cl)c(Cl)c3)o2)cc1. The van der Waals surface area contributed by atoms with Crippen molar-refractivity contribution in [2.75, 3.05) is 12.4 Å². The molecule has 0 atom stereocenters. The Balaban J connectivity index is 1.46. The van der Waals surface area contributed by atoms with E-state index >= 15 is 0 Å². The highest BCUT2D eigenvalue weighted by molar-refractivity contribution is 6.42. The van der Waals surface area contributed by atoms with Crippen LogP contribution in [0, 0.1) is 0 Å². The zero-order valence-corrected chi connectivity index (χ0v) is 18.7. The topological polar surface area (TPSA) is 122 Å². The van der Waals surface area contributed by atoms with Gasteiger partial charge in [0.05, 0.1) is 29.9 Å². The number of benzene rings is 2. The Morgan fingerprint density at radius 3 is 2.45 bits per heavy atom. The second kappa shape index (κ2) is 11.2. The Morgan fingerprint density at radius 1 is 1.00 bits per heavy atom. The number of anilines is 1. The second-order valence-corrected chi connectivity index (χ2v) is 7.31. The first kappa shape index (κ1) is 23.8. The molecule has 0 bridgehead atoms. The molecule has 0 fully saturated rings. The average Bonchev–Trinajstić information content (AvgIpc) is 3.27. The molecule has 0 radical (unpaired) electrons. The Bertz CT molecular complexity index is 1190. The van der Waals surface area contributed by atoms with Crippen molar-refractivity contribution >= 4 is 52.8 Å². The molecular formula is C22H18Cl2N4O5. The molecule has 170 valence electrons. The van der Waals surface area contributed by atoms with E-state index in [2.05, 4.69) is 21.2 Å². The summed E-state index contributed by atoms with van der Waals surface area (Å²) in [6, 6.07) is 14.2. The van der Waals surface area contributed by atoms with E-state index in [1.807, 2.05) is 0 Å². The molecule has 0 spiro atoms. The number of nitrogens with one attached hydrogen (secondary N) is 3. The maximum atomic E-state index is 12.1. The van der Waals surface area contributed by atoms with Gasteiger partial charge < -0.3 is 19.8 Å². The fourth-order valence-electron chi connectivity index (χ4n) is 2.53. The van der Waals surface area contributed by atoms with E-state index in [0.717, 1.165) is 0 Å². The first-order valence-corrected chi connectivity index (χ1v) is 10.2. The van der Waals surface area contributed by atoms with Gasteiger partial charge in [-0.15, -0.1) is 0 Å². The number of furan rings is 1. The lowest BCUT2D eigenvalue weighted by Crippen LogP contribution is -2.34. The van der Waals surface area contributed by atoms with Crippen LogP contribution in [0.4, 0.5) is 5.69 Å². The minimum absolute atomic E-state index is 0.0281. The molecule has 0 aliphatic rings. The number of carbonyl (C=O) groups is 3. The molecule has 3 N–H and O–H groups in total. The van der Waals surface area contributed by atoms with Gasteiger partial charge in [0, 0.05) is 11.3 Å². The Hall–Kier alpha value is -3.82. The van der Waals surface area contributed by atoms with Gasteiger partial charge in [-0.25, -0.2) is 5.43 Å². The summed E-state index contributed by atoms with van der Waals surface area (Å²) in [5.74, 6) is -0.774. The highest BCUT2D eigenvalue weighted by atomic mass is 35.5. The molecule has 2 aromatic carbocycles. The number of ether oxygens (including phenoxy) is 1. The van der Waals surface area contributed by atoms with Crippen LogP contribution >= 0.6 is 23.2 Å². The third-order valence-electron chi connectivity index (χ3n) is 4.20. The van der Waals surface area contributed by atoms with E-state index in [1.54, 1.807) is 36.4 Å². The van der Waals surface area contributed by atoms with Crippen LogP contribution in [0.3, 0.4) is 0 Å². The van der Waals surface area contributed by atoms with Crippen molar-refractivity contribution in [1.29, 1.82) is 0 Å². The normalized spacial score (nSPS) is 10.6. The highest BCUT2D eigenvalue weighted by Crippen LogP contribution is 2.24. The molecule has 9 nitrogen and oxygen atoms in total. The summed E-state index contributed by atoms with van der Waals surface area (Å²) in [7, 11) is 1.54. The largest absolute Gasteiger partial charge is 0.497 e. The number of amides is 3. The Labute approximate surface area is 198 Å². The maximum Gasteiger partial charge on any atom is 0.313 e. The summed E-state index contributed by atoms with van der Waals surface area (Å²) in [6.45, 7) is -0.0281. The average molecular weight is 489 g/mol. The summed E-state index contributed by atoms with van der Waals surface area (Å²) in [6.07, 6.45) is 1.31. The molecule has 11 heteroatoms. The number of nitrogens with zero attached hydrogens (tertiary/aromatic N) is 1. The molecular weight excluding hydrogens is 471 g/mol. The van der Waals surface area contributed by atoms with Gasteiger partial charge in [0.15, 0.2) is 0 Å². The van der Waals surface area contributed by atoms with Crippen LogP contribution in [0.1, 0.15) is 21.9 Å². The van der Waals surface area contributed by atoms with Crippen molar-refractivity contribution in [2.45, 2.75) is 6.54 Å². The standard InChI is InChI=1S/C22H18Cl2N4O5/c1-32-15-5-2-13(3-6-15)20(29)28-26-12-17-8-7-16(33-17)11-25-21(30)22(31)27-14-4-9-18(23)19(24)10-14/h2-10,12H,11H2,1H3,(H,25,30)(H,27,31)(H,28,29)/b26-12-. The van der Waals surface area contributed by atoms with E-state index < -0.39 is 17.7 Å². The zero-order chi connectivity index (χ0) is 23.8. The first-order chi connectivity index (χ1) is 15.9. The van der Waals surface area contributed by atoms with Crippen LogP contribution in [0.15, 0.2) is 64.1 Å². The number of hydrogen-bond acceptors (Lipinski definition) is 6.